The van der Waals surface area contributed by atoms with Crippen LogP contribution < -0.4 is 11.1 Å². The summed E-state index contributed by atoms with van der Waals surface area (Å²) in [6.45, 7) is 0.974. The molecule has 1 aliphatic rings. The fraction of sp³-hybridized carbons (Fsp3) is 0.667. The first-order chi connectivity index (χ1) is 8.27. The summed E-state index contributed by atoms with van der Waals surface area (Å²) in [6, 6.07) is 0. The molecule has 5 heteroatoms. The number of aromatic amines is 1. The van der Waals surface area contributed by atoms with Gasteiger partial charge in [-0.25, -0.2) is 0 Å². The lowest BCUT2D eigenvalue weighted by atomic mass is 9.73. The minimum atomic E-state index is -0.331. The van der Waals surface area contributed by atoms with Crippen molar-refractivity contribution in [1.82, 2.24) is 15.5 Å². The first kappa shape index (κ1) is 12.1. The molecule has 1 fully saturated rings. The summed E-state index contributed by atoms with van der Waals surface area (Å²) in [7, 11) is 0. The highest BCUT2D eigenvalue weighted by molar-refractivity contribution is 5.82. The van der Waals surface area contributed by atoms with Gasteiger partial charge < -0.3 is 11.1 Å². The second-order valence-corrected chi connectivity index (χ2v) is 4.83. The largest absolute Gasteiger partial charge is 0.351 e. The van der Waals surface area contributed by atoms with E-state index in [4.69, 9.17) is 5.73 Å². The highest BCUT2D eigenvalue weighted by atomic mass is 16.2. The van der Waals surface area contributed by atoms with Crippen LogP contribution in [0.15, 0.2) is 12.4 Å². The molecule has 1 heterocycles. The van der Waals surface area contributed by atoms with E-state index in [1.54, 1.807) is 12.4 Å². The predicted octanol–water partition coefficient (Wildman–Crippen LogP) is 0.935. The second kappa shape index (κ2) is 5.31. The summed E-state index contributed by atoms with van der Waals surface area (Å²) < 4.78 is 0. The molecule has 4 N–H and O–H groups in total. The van der Waals surface area contributed by atoms with Gasteiger partial charge in [-0.05, 0) is 12.8 Å². The van der Waals surface area contributed by atoms with Gasteiger partial charge in [0.15, 0.2) is 0 Å². The Bertz CT molecular complexity index is 355. The van der Waals surface area contributed by atoms with Crippen molar-refractivity contribution in [2.45, 2.75) is 38.6 Å². The summed E-state index contributed by atoms with van der Waals surface area (Å²) in [4.78, 5) is 12.2. The molecule has 0 spiro atoms. The third-order valence-corrected chi connectivity index (χ3v) is 3.69. The normalized spacial score (nSPS) is 18.9. The van der Waals surface area contributed by atoms with Gasteiger partial charge in [0.05, 0.1) is 11.6 Å². The Morgan fingerprint density at radius 1 is 1.47 bits per heavy atom. The Kier molecular flexibility index (Phi) is 3.78. The van der Waals surface area contributed by atoms with Crippen LogP contribution in [-0.2, 0) is 11.3 Å². The SMILES string of the molecule is NCC1(C(=O)NCc2cn[nH]c2)CCCCC1. The van der Waals surface area contributed by atoms with Crippen LogP contribution in [0.3, 0.4) is 0 Å². The third kappa shape index (κ3) is 2.66. The quantitative estimate of drug-likeness (QED) is 0.727. The highest BCUT2D eigenvalue weighted by Gasteiger charge is 2.37. The fourth-order valence-corrected chi connectivity index (χ4v) is 2.50. The zero-order chi connectivity index (χ0) is 12.1. The molecule has 94 valence electrons. The summed E-state index contributed by atoms with van der Waals surface area (Å²) >= 11 is 0. The molecule has 0 aliphatic heterocycles. The van der Waals surface area contributed by atoms with E-state index in [2.05, 4.69) is 15.5 Å². The van der Waals surface area contributed by atoms with Gasteiger partial charge in [-0.15, -0.1) is 0 Å². The van der Waals surface area contributed by atoms with Gasteiger partial charge in [0, 0.05) is 24.8 Å². The molecule has 17 heavy (non-hydrogen) atoms. The standard InChI is InChI=1S/C12H20N4O/c13-9-12(4-2-1-3-5-12)11(17)14-6-10-7-15-16-8-10/h7-8H,1-6,9,13H2,(H,14,17)(H,15,16). The van der Waals surface area contributed by atoms with E-state index < -0.39 is 0 Å². The molecule has 1 aromatic heterocycles. The van der Waals surface area contributed by atoms with E-state index in [1.807, 2.05) is 0 Å². The van der Waals surface area contributed by atoms with Crippen LogP contribution in [-0.4, -0.2) is 22.6 Å². The number of rotatable bonds is 4. The van der Waals surface area contributed by atoms with Gasteiger partial charge in [-0.3, -0.25) is 9.89 Å². The monoisotopic (exact) mass is 236 g/mol. The molecular formula is C12H20N4O. The second-order valence-electron chi connectivity index (χ2n) is 4.83. The summed E-state index contributed by atoms with van der Waals surface area (Å²) in [5.74, 6) is 0.0981. The first-order valence-electron chi connectivity index (χ1n) is 6.23. The number of nitrogens with two attached hydrogens (primary N) is 1. The van der Waals surface area contributed by atoms with Crippen molar-refractivity contribution < 1.29 is 4.79 Å². The van der Waals surface area contributed by atoms with E-state index >= 15 is 0 Å². The maximum atomic E-state index is 12.2. The molecule has 0 saturated heterocycles. The minimum absolute atomic E-state index is 0.0981. The molecule has 2 rings (SSSR count). The molecule has 0 aromatic carbocycles. The molecule has 0 bridgehead atoms. The van der Waals surface area contributed by atoms with Crippen molar-refractivity contribution in [1.29, 1.82) is 0 Å². The van der Waals surface area contributed by atoms with Crippen LogP contribution in [0.1, 0.15) is 37.7 Å². The van der Waals surface area contributed by atoms with Gasteiger partial charge in [0.1, 0.15) is 0 Å². The number of hydrogen-bond acceptors (Lipinski definition) is 3. The van der Waals surface area contributed by atoms with Crippen molar-refractivity contribution in [3.05, 3.63) is 18.0 Å². The van der Waals surface area contributed by atoms with Crippen molar-refractivity contribution in [2.75, 3.05) is 6.54 Å². The van der Waals surface area contributed by atoms with E-state index in [0.29, 0.717) is 13.1 Å². The maximum Gasteiger partial charge on any atom is 0.227 e. The summed E-state index contributed by atoms with van der Waals surface area (Å²) in [6.07, 6.45) is 8.78. The topological polar surface area (TPSA) is 83.8 Å². The number of nitrogens with zero attached hydrogens (tertiary/aromatic N) is 1. The number of H-pyrrole nitrogens is 1. The molecule has 0 radical (unpaired) electrons. The van der Waals surface area contributed by atoms with Crippen LogP contribution in [0.5, 0.6) is 0 Å². The molecule has 0 atom stereocenters. The third-order valence-electron chi connectivity index (χ3n) is 3.69. The van der Waals surface area contributed by atoms with Gasteiger partial charge in [-0.2, -0.15) is 5.10 Å². The van der Waals surface area contributed by atoms with Crippen molar-refractivity contribution >= 4 is 5.91 Å². The Hall–Kier alpha value is -1.36. The lowest BCUT2D eigenvalue weighted by molar-refractivity contribution is -0.132. The van der Waals surface area contributed by atoms with Crippen LogP contribution in [0.2, 0.25) is 0 Å². The number of carbonyl (C=O) groups excluding carboxylic acids is 1. The van der Waals surface area contributed by atoms with Crippen molar-refractivity contribution in [3.8, 4) is 0 Å². The zero-order valence-corrected chi connectivity index (χ0v) is 10.0. The summed E-state index contributed by atoms with van der Waals surface area (Å²) in [5, 5.41) is 9.55. The van der Waals surface area contributed by atoms with E-state index in [9.17, 15) is 4.79 Å². The number of aromatic nitrogens is 2. The zero-order valence-electron chi connectivity index (χ0n) is 10.0. The van der Waals surface area contributed by atoms with Crippen LogP contribution in [0, 0.1) is 5.41 Å². The van der Waals surface area contributed by atoms with Crippen LogP contribution in [0.4, 0.5) is 0 Å². The van der Waals surface area contributed by atoms with E-state index in [0.717, 1.165) is 31.2 Å². The van der Waals surface area contributed by atoms with Crippen molar-refractivity contribution in [3.63, 3.8) is 0 Å². The lowest BCUT2D eigenvalue weighted by Gasteiger charge is -2.34. The first-order valence-corrected chi connectivity index (χ1v) is 6.23. The Balaban J connectivity index is 1.93. The molecular weight excluding hydrogens is 216 g/mol. The number of amides is 1. The smallest absolute Gasteiger partial charge is 0.227 e. The van der Waals surface area contributed by atoms with E-state index in [-0.39, 0.29) is 11.3 Å². The maximum absolute atomic E-state index is 12.2. The predicted molar refractivity (Wildman–Crippen MR) is 65.0 cm³/mol. The fourth-order valence-electron chi connectivity index (χ4n) is 2.50. The molecule has 1 aromatic rings. The Labute approximate surface area is 101 Å². The number of hydrogen-bond donors (Lipinski definition) is 3. The Morgan fingerprint density at radius 3 is 2.82 bits per heavy atom. The van der Waals surface area contributed by atoms with Crippen LogP contribution in [0.25, 0.3) is 0 Å². The average molecular weight is 236 g/mol. The number of carbonyl (C=O) groups is 1. The average Bonchev–Trinajstić information content (AvgIpc) is 2.90. The van der Waals surface area contributed by atoms with Gasteiger partial charge in [-0.1, -0.05) is 19.3 Å². The van der Waals surface area contributed by atoms with Gasteiger partial charge in [0.25, 0.3) is 0 Å². The molecule has 0 unspecified atom stereocenters. The lowest BCUT2D eigenvalue weighted by Crippen LogP contribution is -2.46. The highest BCUT2D eigenvalue weighted by Crippen LogP contribution is 2.35. The van der Waals surface area contributed by atoms with Gasteiger partial charge in [0.2, 0.25) is 5.91 Å². The number of nitrogens with one attached hydrogen (secondary N) is 2. The van der Waals surface area contributed by atoms with E-state index in [1.165, 1.54) is 6.42 Å². The van der Waals surface area contributed by atoms with Gasteiger partial charge >= 0.3 is 0 Å². The summed E-state index contributed by atoms with van der Waals surface area (Å²) in [5.41, 5.74) is 6.46. The molecule has 1 saturated carbocycles. The van der Waals surface area contributed by atoms with Crippen LogP contribution >= 0.6 is 0 Å². The molecule has 5 nitrogen and oxygen atoms in total. The minimum Gasteiger partial charge on any atom is -0.351 e. The Morgan fingerprint density at radius 2 is 2.24 bits per heavy atom. The van der Waals surface area contributed by atoms with Crippen molar-refractivity contribution in [2.24, 2.45) is 11.1 Å². The molecule has 1 amide bonds. The molecule has 1 aliphatic carbocycles.